The van der Waals surface area contributed by atoms with Gasteiger partial charge in [-0.15, -0.1) is 0 Å². The average Bonchev–Trinajstić information content (AvgIpc) is 2.82. The Kier molecular flexibility index (Phi) is 3.72. The summed E-state index contributed by atoms with van der Waals surface area (Å²) < 4.78 is 0. The lowest BCUT2D eigenvalue weighted by molar-refractivity contribution is 0.0954. The summed E-state index contributed by atoms with van der Waals surface area (Å²) in [4.78, 5) is 22.4. The van der Waals surface area contributed by atoms with Crippen LogP contribution in [0.25, 0.3) is 0 Å². The van der Waals surface area contributed by atoms with Crippen LogP contribution in [0.4, 0.5) is 0 Å². The van der Waals surface area contributed by atoms with Crippen molar-refractivity contribution in [3.05, 3.63) is 47.3 Å². The van der Waals surface area contributed by atoms with Crippen molar-refractivity contribution in [1.82, 2.24) is 20.3 Å². The topological polar surface area (TPSA) is 70.7 Å². The highest BCUT2D eigenvalue weighted by Gasteiger charge is 2.09. The van der Waals surface area contributed by atoms with E-state index in [4.69, 9.17) is 11.6 Å². The van der Waals surface area contributed by atoms with Gasteiger partial charge in [0.25, 0.3) is 5.91 Å². The fraction of sp³-hybridized carbons (Fsp3) is 0.182. The molecule has 2 aromatic heterocycles. The highest BCUT2D eigenvalue weighted by molar-refractivity contribution is 6.33. The number of aromatic nitrogens is 3. The standard InChI is InChI=1S/C11H11ClN4O/c12-10-2-3-13-6-9(10)11(17)15-4-1-8-5-14-7-16-8/h2-3,5-7H,1,4H2,(H,14,16)(H,15,17). The molecule has 2 rings (SSSR count). The third-order valence-electron chi connectivity index (χ3n) is 2.25. The Morgan fingerprint density at radius 3 is 3.00 bits per heavy atom. The minimum atomic E-state index is -0.220. The normalized spacial score (nSPS) is 10.2. The van der Waals surface area contributed by atoms with Crippen LogP contribution in [0.5, 0.6) is 0 Å². The second-order valence-corrected chi connectivity index (χ2v) is 3.85. The van der Waals surface area contributed by atoms with Crippen molar-refractivity contribution in [2.24, 2.45) is 0 Å². The molecule has 2 N–H and O–H groups in total. The number of amides is 1. The van der Waals surface area contributed by atoms with Crippen molar-refractivity contribution in [3.63, 3.8) is 0 Å². The summed E-state index contributed by atoms with van der Waals surface area (Å²) in [7, 11) is 0. The molecular formula is C11H11ClN4O. The van der Waals surface area contributed by atoms with E-state index in [0.717, 1.165) is 5.69 Å². The van der Waals surface area contributed by atoms with E-state index in [-0.39, 0.29) is 5.91 Å². The van der Waals surface area contributed by atoms with E-state index in [1.165, 1.54) is 6.20 Å². The lowest BCUT2D eigenvalue weighted by atomic mass is 10.2. The van der Waals surface area contributed by atoms with Gasteiger partial charge in [-0.2, -0.15) is 0 Å². The number of halogens is 1. The zero-order chi connectivity index (χ0) is 12.1. The second kappa shape index (κ2) is 5.45. The molecule has 0 aliphatic carbocycles. The average molecular weight is 251 g/mol. The third-order valence-corrected chi connectivity index (χ3v) is 2.58. The lowest BCUT2D eigenvalue weighted by Crippen LogP contribution is -2.26. The molecule has 0 aliphatic heterocycles. The van der Waals surface area contributed by atoms with Gasteiger partial charge in [0.15, 0.2) is 0 Å². The zero-order valence-corrected chi connectivity index (χ0v) is 9.74. The molecule has 0 aliphatic rings. The van der Waals surface area contributed by atoms with Gasteiger partial charge in [0, 0.05) is 37.3 Å². The molecule has 0 saturated heterocycles. The van der Waals surface area contributed by atoms with Crippen molar-refractivity contribution < 1.29 is 4.79 Å². The van der Waals surface area contributed by atoms with E-state index in [1.807, 2.05) is 0 Å². The molecule has 2 heterocycles. The maximum absolute atomic E-state index is 11.7. The van der Waals surface area contributed by atoms with Crippen LogP contribution < -0.4 is 5.32 Å². The van der Waals surface area contributed by atoms with Crippen molar-refractivity contribution in [3.8, 4) is 0 Å². The number of carbonyl (C=O) groups is 1. The summed E-state index contributed by atoms with van der Waals surface area (Å²) in [5, 5.41) is 3.17. The monoisotopic (exact) mass is 250 g/mol. The summed E-state index contributed by atoms with van der Waals surface area (Å²) >= 11 is 5.88. The molecule has 1 amide bonds. The Labute approximate surface area is 103 Å². The van der Waals surface area contributed by atoms with Crippen LogP contribution in [0, 0.1) is 0 Å². The van der Waals surface area contributed by atoms with Crippen LogP contribution in [0.1, 0.15) is 16.1 Å². The first-order chi connectivity index (χ1) is 8.27. The van der Waals surface area contributed by atoms with Crippen molar-refractivity contribution in [1.29, 1.82) is 0 Å². The third kappa shape index (κ3) is 3.04. The molecule has 0 aromatic carbocycles. The van der Waals surface area contributed by atoms with Crippen LogP contribution in [0.3, 0.4) is 0 Å². The van der Waals surface area contributed by atoms with Gasteiger partial charge >= 0.3 is 0 Å². The highest BCUT2D eigenvalue weighted by atomic mass is 35.5. The first kappa shape index (κ1) is 11.6. The first-order valence-corrected chi connectivity index (χ1v) is 5.50. The Balaban J connectivity index is 1.88. The van der Waals surface area contributed by atoms with Crippen LogP contribution >= 0.6 is 11.6 Å². The molecule has 2 aromatic rings. The molecule has 0 radical (unpaired) electrons. The smallest absolute Gasteiger partial charge is 0.254 e. The predicted molar refractivity (Wildman–Crippen MR) is 63.9 cm³/mol. The fourth-order valence-corrected chi connectivity index (χ4v) is 1.56. The molecule has 5 nitrogen and oxygen atoms in total. The Hall–Kier alpha value is -1.88. The summed E-state index contributed by atoms with van der Waals surface area (Å²) in [6, 6.07) is 1.59. The molecule has 0 saturated carbocycles. The van der Waals surface area contributed by atoms with Gasteiger partial charge in [-0.1, -0.05) is 11.6 Å². The molecule has 0 fully saturated rings. The van der Waals surface area contributed by atoms with E-state index in [1.54, 1.807) is 24.8 Å². The van der Waals surface area contributed by atoms with Crippen molar-refractivity contribution in [2.45, 2.75) is 6.42 Å². The number of aromatic amines is 1. The largest absolute Gasteiger partial charge is 0.352 e. The number of H-pyrrole nitrogens is 1. The summed E-state index contributed by atoms with van der Waals surface area (Å²) in [5.74, 6) is -0.220. The predicted octanol–water partition coefficient (Wildman–Crippen LogP) is 1.43. The lowest BCUT2D eigenvalue weighted by Gasteiger charge is -2.05. The SMILES string of the molecule is O=C(NCCc1cnc[nH]1)c1cnccc1Cl. The van der Waals surface area contributed by atoms with Gasteiger partial charge in [-0.3, -0.25) is 9.78 Å². The quantitative estimate of drug-likeness (QED) is 0.862. The number of imidazole rings is 1. The van der Waals surface area contributed by atoms with Crippen molar-refractivity contribution in [2.75, 3.05) is 6.54 Å². The minimum absolute atomic E-state index is 0.220. The second-order valence-electron chi connectivity index (χ2n) is 3.44. The van der Waals surface area contributed by atoms with E-state index < -0.39 is 0 Å². The molecule has 0 unspecified atom stereocenters. The maximum atomic E-state index is 11.7. The van der Waals surface area contributed by atoms with Crippen LogP contribution in [0.15, 0.2) is 31.0 Å². The van der Waals surface area contributed by atoms with E-state index in [9.17, 15) is 4.79 Å². The number of pyridine rings is 1. The van der Waals surface area contributed by atoms with Crippen LogP contribution in [0.2, 0.25) is 5.02 Å². The molecule has 0 spiro atoms. The Morgan fingerprint density at radius 2 is 2.29 bits per heavy atom. The Bertz CT molecular complexity index is 498. The van der Waals surface area contributed by atoms with Gasteiger partial charge in [0.2, 0.25) is 0 Å². The number of rotatable bonds is 4. The zero-order valence-electron chi connectivity index (χ0n) is 8.98. The Morgan fingerprint density at radius 1 is 1.41 bits per heavy atom. The maximum Gasteiger partial charge on any atom is 0.254 e. The van der Waals surface area contributed by atoms with E-state index >= 15 is 0 Å². The molecule has 17 heavy (non-hydrogen) atoms. The van der Waals surface area contributed by atoms with Gasteiger partial charge in [0.1, 0.15) is 0 Å². The number of nitrogens with one attached hydrogen (secondary N) is 2. The van der Waals surface area contributed by atoms with Gasteiger partial charge in [-0.25, -0.2) is 4.98 Å². The number of nitrogens with zero attached hydrogens (tertiary/aromatic N) is 2. The first-order valence-electron chi connectivity index (χ1n) is 5.12. The van der Waals surface area contributed by atoms with E-state index in [2.05, 4.69) is 20.3 Å². The summed E-state index contributed by atoms with van der Waals surface area (Å²) in [6.07, 6.45) is 7.03. The van der Waals surface area contributed by atoms with Crippen molar-refractivity contribution >= 4 is 17.5 Å². The summed E-state index contributed by atoms with van der Waals surface area (Å²) in [5.41, 5.74) is 1.36. The minimum Gasteiger partial charge on any atom is -0.352 e. The molecule has 0 atom stereocenters. The molecule has 0 bridgehead atoms. The number of hydrogen-bond donors (Lipinski definition) is 2. The number of carbonyl (C=O) groups excluding carboxylic acids is 1. The number of hydrogen-bond acceptors (Lipinski definition) is 3. The van der Waals surface area contributed by atoms with Gasteiger partial charge in [-0.05, 0) is 6.07 Å². The van der Waals surface area contributed by atoms with Gasteiger partial charge < -0.3 is 10.3 Å². The van der Waals surface area contributed by atoms with Crippen LogP contribution in [-0.2, 0) is 6.42 Å². The molecular weight excluding hydrogens is 240 g/mol. The van der Waals surface area contributed by atoms with E-state index in [0.29, 0.717) is 23.6 Å². The highest BCUT2D eigenvalue weighted by Crippen LogP contribution is 2.12. The molecule has 88 valence electrons. The summed E-state index contributed by atoms with van der Waals surface area (Å²) in [6.45, 7) is 0.520. The fourth-order valence-electron chi connectivity index (χ4n) is 1.37. The van der Waals surface area contributed by atoms with Crippen LogP contribution in [-0.4, -0.2) is 27.4 Å². The van der Waals surface area contributed by atoms with Gasteiger partial charge in [0.05, 0.1) is 16.9 Å². The molecule has 6 heteroatoms.